The Kier molecular flexibility index (Phi) is 8.28. The Bertz CT molecular complexity index is 1490. The van der Waals surface area contributed by atoms with Gasteiger partial charge in [-0.15, -0.1) is 10.2 Å². The minimum Gasteiger partial charge on any atom is -0.487 e. The lowest BCUT2D eigenvalue weighted by Crippen LogP contribution is -2.11. The third-order valence-electron chi connectivity index (χ3n) is 5.98. The summed E-state index contributed by atoms with van der Waals surface area (Å²) in [6.45, 7) is 5.70. The number of rotatable bonds is 10. The zero-order valence-corrected chi connectivity index (χ0v) is 22.4. The first-order valence-corrected chi connectivity index (χ1v) is 12.8. The minimum atomic E-state index is -0.583. The number of benzene rings is 3. The second-order valence-corrected chi connectivity index (χ2v) is 10.2. The molecule has 1 atom stereocenters. The third kappa shape index (κ3) is 6.29. The standard InChI is InChI=1S/C26H24ClN5O5S/c1-16-4-8-22(12-17(16)2)31-18(3)28-29-26(31)38-25(14-30(33)34)20-7-11-24(23(27)13-20)37-15-19-5-9-21(10-6-19)32(35)36/h4-13,25H,14-15H2,1-3H3/t25-/m0/s1. The van der Waals surface area contributed by atoms with Crippen LogP contribution in [-0.4, -0.2) is 31.2 Å². The number of aromatic nitrogens is 3. The molecule has 4 aromatic rings. The van der Waals surface area contributed by atoms with Crippen LogP contribution in [-0.2, 0) is 6.61 Å². The van der Waals surface area contributed by atoms with Crippen molar-refractivity contribution in [3.63, 3.8) is 0 Å². The Morgan fingerprint density at radius 1 is 0.974 bits per heavy atom. The zero-order chi connectivity index (χ0) is 27.4. The lowest BCUT2D eigenvalue weighted by Gasteiger charge is -2.16. The van der Waals surface area contributed by atoms with Crippen LogP contribution in [0.2, 0.25) is 5.02 Å². The predicted octanol–water partition coefficient (Wildman–Crippen LogP) is 6.44. The van der Waals surface area contributed by atoms with Crippen molar-refractivity contribution in [3.8, 4) is 11.4 Å². The summed E-state index contributed by atoms with van der Waals surface area (Å²) in [5, 5.41) is 31.1. The summed E-state index contributed by atoms with van der Waals surface area (Å²) in [6.07, 6.45) is 0. The number of halogens is 1. The fourth-order valence-electron chi connectivity index (χ4n) is 3.76. The van der Waals surface area contributed by atoms with Gasteiger partial charge >= 0.3 is 0 Å². The Balaban J connectivity index is 1.55. The van der Waals surface area contributed by atoms with Crippen LogP contribution in [0, 0.1) is 41.0 Å². The van der Waals surface area contributed by atoms with Crippen molar-refractivity contribution >= 4 is 29.1 Å². The summed E-state index contributed by atoms with van der Waals surface area (Å²) in [7, 11) is 0. The SMILES string of the molecule is Cc1ccc(-n2c(C)nnc2S[C@@H](C[N+](=O)[O-])c2ccc(OCc3ccc([N+](=O)[O-])cc3)c(Cl)c2)cc1C. The smallest absolute Gasteiger partial charge is 0.269 e. The molecule has 0 aliphatic rings. The van der Waals surface area contributed by atoms with Crippen molar-refractivity contribution < 1.29 is 14.6 Å². The highest BCUT2D eigenvalue weighted by molar-refractivity contribution is 7.99. The highest BCUT2D eigenvalue weighted by atomic mass is 35.5. The number of thioether (sulfide) groups is 1. The van der Waals surface area contributed by atoms with E-state index in [1.807, 2.05) is 43.5 Å². The van der Waals surface area contributed by atoms with Gasteiger partial charge < -0.3 is 4.74 Å². The molecule has 196 valence electrons. The van der Waals surface area contributed by atoms with Gasteiger partial charge in [0, 0.05) is 22.7 Å². The highest BCUT2D eigenvalue weighted by Gasteiger charge is 2.25. The van der Waals surface area contributed by atoms with Crippen LogP contribution in [0.25, 0.3) is 5.69 Å². The van der Waals surface area contributed by atoms with E-state index in [0.717, 1.165) is 22.4 Å². The van der Waals surface area contributed by atoms with E-state index in [-0.39, 0.29) is 23.8 Å². The van der Waals surface area contributed by atoms with Crippen molar-refractivity contribution in [3.05, 3.63) is 114 Å². The van der Waals surface area contributed by atoms with Crippen molar-refractivity contribution in [2.45, 2.75) is 37.8 Å². The number of aryl methyl sites for hydroxylation is 3. The van der Waals surface area contributed by atoms with Gasteiger partial charge in [-0.2, -0.15) is 0 Å². The lowest BCUT2D eigenvalue weighted by molar-refractivity contribution is -0.479. The second kappa shape index (κ2) is 11.6. The van der Waals surface area contributed by atoms with Gasteiger partial charge in [0.1, 0.15) is 23.4 Å². The first-order valence-electron chi connectivity index (χ1n) is 11.6. The van der Waals surface area contributed by atoms with Gasteiger partial charge in [0.15, 0.2) is 5.16 Å². The van der Waals surface area contributed by atoms with E-state index in [1.54, 1.807) is 30.3 Å². The van der Waals surface area contributed by atoms with E-state index < -0.39 is 10.2 Å². The molecule has 0 unspecified atom stereocenters. The van der Waals surface area contributed by atoms with Gasteiger partial charge in [-0.1, -0.05) is 35.5 Å². The molecule has 0 amide bonds. The zero-order valence-electron chi connectivity index (χ0n) is 20.8. The molecule has 0 aliphatic carbocycles. The number of non-ortho nitro benzene ring substituents is 1. The monoisotopic (exact) mass is 553 g/mol. The van der Waals surface area contributed by atoms with Gasteiger partial charge in [0.05, 0.1) is 9.95 Å². The molecule has 3 aromatic carbocycles. The van der Waals surface area contributed by atoms with Gasteiger partial charge in [-0.25, -0.2) is 0 Å². The maximum atomic E-state index is 11.5. The number of hydrogen-bond donors (Lipinski definition) is 0. The minimum absolute atomic E-state index is 0.00555. The molecule has 12 heteroatoms. The molecular weight excluding hydrogens is 530 g/mol. The summed E-state index contributed by atoms with van der Waals surface area (Å²) >= 11 is 7.73. The van der Waals surface area contributed by atoms with E-state index in [4.69, 9.17) is 16.3 Å². The molecule has 0 saturated carbocycles. The Labute approximate surface area is 227 Å². The molecule has 0 bridgehead atoms. The van der Waals surface area contributed by atoms with Crippen molar-refractivity contribution in [1.82, 2.24) is 14.8 Å². The van der Waals surface area contributed by atoms with Crippen LogP contribution < -0.4 is 4.74 Å². The summed E-state index contributed by atoms with van der Waals surface area (Å²) < 4.78 is 7.67. The topological polar surface area (TPSA) is 126 Å². The molecule has 4 rings (SSSR count). The second-order valence-electron chi connectivity index (χ2n) is 8.66. The number of nitro benzene ring substituents is 1. The fourth-order valence-corrected chi connectivity index (χ4v) is 5.17. The molecule has 0 saturated heterocycles. The van der Waals surface area contributed by atoms with Crippen LogP contribution >= 0.6 is 23.4 Å². The number of hydrogen-bond acceptors (Lipinski definition) is 8. The van der Waals surface area contributed by atoms with E-state index >= 15 is 0 Å². The maximum absolute atomic E-state index is 11.5. The quantitative estimate of drug-likeness (QED) is 0.125. The average molecular weight is 554 g/mol. The average Bonchev–Trinajstić information content (AvgIpc) is 3.24. The summed E-state index contributed by atoms with van der Waals surface area (Å²) in [4.78, 5) is 21.5. The lowest BCUT2D eigenvalue weighted by atomic mass is 10.1. The first-order chi connectivity index (χ1) is 18.1. The van der Waals surface area contributed by atoms with Crippen LogP contribution in [0.5, 0.6) is 5.75 Å². The normalized spacial score (nSPS) is 11.8. The van der Waals surface area contributed by atoms with Gasteiger partial charge in [-0.05, 0) is 79.4 Å². The van der Waals surface area contributed by atoms with Crippen molar-refractivity contribution in [2.75, 3.05) is 6.54 Å². The van der Waals surface area contributed by atoms with Crippen LogP contribution in [0.1, 0.15) is 33.3 Å². The number of nitro groups is 2. The highest BCUT2D eigenvalue weighted by Crippen LogP contribution is 2.39. The molecular formula is C26H24ClN5O5S. The van der Waals surface area contributed by atoms with E-state index in [9.17, 15) is 20.2 Å². The molecule has 0 N–H and O–H groups in total. The van der Waals surface area contributed by atoms with Crippen LogP contribution in [0.15, 0.2) is 65.8 Å². The maximum Gasteiger partial charge on any atom is 0.269 e. The van der Waals surface area contributed by atoms with Gasteiger partial charge in [0.2, 0.25) is 6.54 Å². The summed E-state index contributed by atoms with van der Waals surface area (Å²) in [6, 6.07) is 17.1. The largest absolute Gasteiger partial charge is 0.487 e. The van der Waals surface area contributed by atoms with Crippen LogP contribution in [0.3, 0.4) is 0 Å². The third-order valence-corrected chi connectivity index (χ3v) is 7.45. The molecule has 10 nitrogen and oxygen atoms in total. The molecule has 0 fully saturated rings. The molecule has 38 heavy (non-hydrogen) atoms. The Morgan fingerprint density at radius 3 is 2.34 bits per heavy atom. The van der Waals surface area contributed by atoms with Crippen molar-refractivity contribution in [2.24, 2.45) is 0 Å². The molecule has 0 radical (unpaired) electrons. The number of nitrogens with zero attached hydrogens (tertiary/aromatic N) is 5. The van der Waals surface area contributed by atoms with Crippen LogP contribution in [0.4, 0.5) is 5.69 Å². The van der Waals surface area contributed by atoms with E-state index in [1.165, 1.54) is 23.9 Å². The summed E-state index contributed by atoms with van der Waals surface area (Å²) in [5.41, 5.74) is 4.53. The predicted molar refractivity (Wildman–Crippen MR) is 145 cm³/mol. The van der Waals surface area contributed by atoms with Gasteiger partial charge in [-0.3, -0.25) is 24.8 Å². The van der Waals surface area contributed by atoms with E-state index in [0.29, 0.717) is 27.3 Å². The van der Waals surface area contributed by atoms with E-state index in [2.05, 4.69) is 10.2 Å². The first kappa shape index (κ1) is 27.1. The Morgan fingerprint density at radius 2 is 1.71 bits per heavy atom. The van der Waals surface area contributed by atoms with Gasteiger partial charge in [0.25, 0.3) is 5.69 Å². The fraction of sp³-hybridized carbons (Fsp3) is 0.231. The Hall–Kier alpha value is -3.96. The molecule has 0 aliphatic heterocycles. The molecule has 1 heterocycles. The molecule has 1 aromatic heterocycles. The van der Waals surface area contributed by atoms with Crippen molar-refractivity contribution in [1.29, 1.82) is 0 Å². The number of ether oxygens (including phenoxy) is 1. The summed E-state index contributed by atoms with van der Waals surface area (Å²) in [5.74, 6) is 1.07. The molecule has 0 spiro atoms.